The Morgan fingerprint density at radius 3 is 2.53 bits per heavy atom. The van der Waals surface area contributed by atoms with Crippen molar-refractivity contribution >= 4 is 11.6 Å². The van der Waals surface area contributed by atoms with E-state index in [0.29, 0.717) is 5.41 Å². The molecule has 1 unspecified atom stereocenters. The summed E-state index contributed by atoms with van der Waals surface area (Å²) >= 11 is 6.03. The molecule has 1 nitrogen and oxygen atoms in total. The van der Waals surface area contributed by atoms with Gasteiger partial charge in [-0.2, -0.15) is 0 Å². The molecule has 82 valence electrons. The van der Waals surface area contributed by atoms with Crippen molar-refractivity contribution < 1.29 is 0 Å². The maximum atomic E-state index is 6.03. The molecule has 1 heterocycles. The summed E-state index contributed by atoms with van der Waals surface area (Å²) in [7, 11) is 0. The SMILES string of the molecule is CC1(C)CNC(C)(c2cccc(Cl)c2)C1. The third kappa shape index (κ3) is 2.19. The molecule has 0 aromatic heterocycles. The van der Waals surface area contributed by atoms with Crippen molar-refractivity contribution in [2.45, 2.75) is 32.7 Å². The number of hydrogen-bond donors (Lipinski definition) is 1. The summed E-state index contributed by atoms with van der Waals surface area (Å²) in [5.74, 6) is 0. The summed E-state index contributed by atoms with van der Waals surface area (Å²) in [5, 5.41) is 4.43. The molecule has 1 aromatic rings. The maximum Gasteiger partial charge on any atom is 0.0412 e. The Hall–Kier alpha value is -0.530. The van der Waals surface area contributed by atoms with Crippen LogP contribution in [0.1, 0.15) is 32.8 Å². The number of benzene rings is 1. The average molecular weight is 224 g/mol. The van der Waals surface area contributed by atoms with Gasteiger partial charge in [0.1, 0.15) is 0 Å². The monoisotopic (exact) mass is 223 g/mol. The lowest BCUT2D eigenvalue weighted by atomic mass is 9.81. The van der Waals surface area contributed by atoms with Gasteiger partial charge in [0, 0.05) is 17.1 Å². The first kappa shape index (κ1) is 11.0. The van der Waals surface area contributed by atoms with E-state index in [0.717, 1.165) is 18.0 Å². The Labute approximate surface area is 96.8 Å². The second-order valence-corrected chi connectivity index (χ2v) is 5.97. The fourth-order valence-electron chi connectivity index (χ4n) is 2.55. The quantitative estimate of drug-likeness (QED) is 0.768. The molecule has 1 N–H and O–H groups in total. The zero-order valence-electron chi connectivity index (χ0n) is 9.60. The molecule has 1 aliphatic heterocycles. The van der Waals surface area contributed by atoms with Gasteiger partial charge in [-0.15, -0.1) is 0 Å². The van der Waals surface area contributed by atoms with E-state index in [-0.39, 0.29) is 5.54 Å². The summed E-state index contributed by atoms with van der Waals surface area (Å²) in [4.78, 5) is 0. The lowest BCUT2D eigenvalue weighted by Gasteiger charge is -2.26. The summed E-state index contributed by atoms with van der Waals surface area (Å²) in [6.07, 6.45) is 1.15. The van der Waals surface area contributed by atoms with Gasteiger partial charge in [-0.3, -0.25) is 0 Å². The Balaban J connectivity index is 2.31. The average Bonchev–Trinajstić information content (AvgIpc) is 2.42. The standard InChI is InChI=1S/C13H18ClN/c1-12(2)8-13(3,15-9-12)10-5-4-6-11(14)7-10/h4-7,15H,8-9H2,1-3H3. The van der Waals surface area contributed by atoms with Gasteiger partial charge < -0.3 is 5.32 Å². The maximum absolute atomic E-state index is 6.03. The van der Waals surface area contributed by atoms with Crippen molar-refractivity contribution in [2.75, 3.05) is 6.54 Å². The zero-order chi connectivity index (χ0) is 11.1. The second kappa shape index (κ2) is 3.50. The molecule has 0 spiro atoms. The summed E-state index contributed by atoms with van der Waals surface area (Å²) in [6, 6.07) is 8.17. The van der Waals surface area contributed by atoms with Crippen LogP contribution in [0.15, 0.2) is 24.3 Å². The number of nitrogens with one attached hydrogen (secondary N) is 1. The predicted octanol–water partition coefficient (Wildman–Crippen LogP) is 3.57. The molecule has 0 amide bonds. The first-order valence-electron chi connectivity index (χ1n) is 5.42. The largest absolute Gasteiger partial charge is 0.307 e. The van der Waals surface area contributed by atoms with Gasteiger partial charge in [0.25, 0.3) is 0 Å². The topological polar surface area (TPSA) is 12.0 Å². The number of hydrogen-bond acceptors (Lipinski definition) is 1. The molecule has 1 atom stereocenters. The van der Waals surface area contributed by atoms with E-state index in [9.17, 15) is 0 Å². The van der Waals surface area contributed by atoms with Gasteiger partial charge in [0.05, 0.1) is 0 Å². The van der Waals surface area contributed by atoms with E-state index in [2.05, 4.69) is 38.2 Å². The molecule has 2 heteroatoms. The minimum Gasteiger partial charge on any atom is -0.307 e. The van der Waals surface area contributed by atoms with Crippen molar-refractivity contribution in [2.24, 2.45) is 5.41 Å². The van der Waals surface area contributed by atoms with E-state index >= 15 is 0 Å². The number of rotatable bonds is 1. The van der Waals surface area contributed by atoms with Crippen LogP contribution in [0.4, 0.5) is 0 Å². The van der Waals surface area contributed by atoms with Crippen molar-refractivity contribution in [3.63, 3.8) is 0 Å². The second-order valence-electron chi connectivity index (χ2n) is 5.54. The molecule has 1 saturated heterocycles. The highest BCUT2D eigenvalue weighted by Crippen LogP contribution is 2.40. The molecule has 0 aliphatic carbocycles. The van der Waals surface area contributed by atoms with Gasteiger partial charge in [0.15, 0.2) is 0 Å². The molecular weight excluding hydrogens is 206 g/mol. The van der Waals surface area contributed by atoms with Crippen LogP contribution in [0.5, 0.6) is 0 Å². The zero-order valence-corrected chi connectivity index (χ0v) is 10.4. The molecule has 1 aliphatic rings. The van der Waals surface area contributed by atoms with Crippen molar-refractivity contribution in [3.8, 4) is 0 Å². The van der Waals surface area contributed by atoms with E-state index in [1.807, 2.05) is 12.1 Å². The Morgan fingerprint density at radius 1 is 1.27 bits per heavy atom. The van der Waals surface area contributed by atoms with Crippen LogP contribution in [0, 0.1) is 5.41 Å². The Morgan fingerprint density at radius 2 is 2.00 bits per heavy atom. The molecule has 1 aromatic carbocycles. The lowest BCUT2D eigenvalue weighted by molar-refractivity contribution is 0.357. The normalized spacial score (nSPS) is 29.3. The van der Waals surface area contributed by atoms with Gasteiger partial charge >= 0.3 is 0 Å². The van der Waals surface area contributed by atoms with Crippen LogP contribution in [0.2, 0.25) is 5.02 Å². The van der Waals surface area contributed by atoms with Crippen LogP contribution >= 0.6 is 11.6 Å². The van der Waals surface area contributed by atoms with Gasteiger partial charge in [-0.25, -0.2) is 0 Å². The first-order valence-corrected chi connectivity index (χ1v) is 5.80. The predicted molar refractivity (Wildman–Crippen MR) is 65.2 cm³/mol. The van der Waals surface area contributed by atoms with E-state index in [1.165, 1.54) is 5.56 Å². The van der Waals surface area contributed by atoms with Gasteiger partial charge in [-0.1, -0.05) is 37.6 Å². The van der Waals surface area contributed by atoms with Crippen molar-refractivity contribution in [1.29, 1.82) is 0 Å². The van der Waals surface area contributed by atoms with Gasteiger partial charge in [-0.05, 0) is 36.5 Å². The third-order valence-electron chi connectivity index (χ3n) is 3.25. The minimum absolute atomic E-state index is 0.0778. The molecule has 15 heavy (non-hydrogen) atoms. The molecule has 0 radical (unpaired) electrons. The minimum atomic E-state index is 0.0778. The Bertz CT molecular complexity index is 373. The summed E-state index contributed by atoms with van der Waals surface area (Å²) in [5.41, 5.74) is 1.74. The third-order valence-corrected chi connectivity index (χ3v) is 3.49. The van der Waals surface area contributed by atoms with Crippen LogP contribution < -0.4 is 5.32 Å². The van der Waals surface area contributed by atoms with Crippen molar-refractivity contribution in [1.82, 2.24) is 5.32 Å². The van der Waals surface area contributed by atoms with Crippen LogP contribution in [-0.2, 0) is 5.54 Å². The molecule has 2 rings (SSSR count). The van der Waals surface area contributed by atoms with Gasteiger partial charge in [0.2, 0.25) is 0 Å². The van der Waals surface area contributed by atoms with Crippen molar-refractivity contribution in [3.05, 3.63) is 34.9 Å². The Kier molecular flexibility index (Phi) is 2.56. The van der Waals surface area contributed by atoms with E-state index in [1.54, 1.807) is 0 Å². The molecular formula is C13H18ClN. The smallest absolute Gasteiger partial charge is 0.0412 e. The lowest BCUT2D eigenvalue weighted by Crippen LogP contribution is -2.32. The fourth-order valence-corrected chi connectivity index (χ4v) is 2.74. The first-order chi connectivity index (χ1) is 6.91. The fraction of sp³-hybridized carbons (Fsp3) is 0.538. The highest BCUT2D eigenvalue weighted by molar-refractivity contribution is 6.30. The van der Waals surface area contributed by atoms with Crippen LogP contribution in [-0.4, -0.2) is 6.54 Å². The highest BCUT2D eigenvalue weighted by atomic mass is 35.5. The van der Waals surface area contributed by atoms with Crippen LogP contribution in [0.25, 0.3) is 0 Å². The van der Waals surface area contributed by atoms with E-state index < -0.39 is 0 Å². The van der Waals surface area contributed by atoms with E-state index in [4.69, 9.17) is 11.6 Å². The highest BCUT2D eigenvalue weighted by Gasteiger charge is 2.40. The van der Waals surface area contributed by atoms with Crippen LogP contribution in [0.3, 0.4) is 0 Å². The summed E-state index contributed by atoms with van der Waals surface area (Å²) in [6.45, 7) is 7.93. The number of halogens is 1. The molecule has 0 saturated carbocycles. The molecule has 1 fully saturated rings. The summed E-state index contributed by atoms with van der Waals surface area (Å²) < 4.78 is 0. The molecule has 0 bridgehead atoms.